The van der Waals surface area contributed by atoms with E-state index in [2.05, 4.69) is 25.2 Å². The number of rotatable bonds is 9. The monoisotopic (exact) mass is 258 g/mol. The van der Waals surface area contributed by atoms with Gasteiger partial charge >= 0.3 is 0 Å². The molecule has 0 saturated carbocycles. The third-order valence-corrected chi connectivity index (χ3v) is 3.32. The Morgan fingerprint density at radius 3 is 2.06 bits per heavy atom. The molecule has 0 aromatic carbocycles. The Bertz CT molecular complexity index is 224. The summed E-state index contributed by atoms with van der Waals surface area (Å²) in [5.41, 5.74) is 0. The zero-order chi connectivity index (χ0) is 11.7. The Balaban J connectivity index is 0.00000256. The highest BCUT2D eigenvalue weighted by Gasteiger charge is 2.17. The summed E-state index contributed by atoms with van der Waals surface area (Å²) in [6.45, 7) is 3.48. The number of hydrogen-bond donors (Lipinski definition) is 0. The fourth-order valence-corrected chi connectivity index (χ4v) is 2.14. The smallest absolute Gasteiger partial charge is 0.194 e. The van der Waals surface area contributed by atoms with E-state index >= 15 is 0 Å². The topological polar surface area (TPSA) is 12.4 Å². The van der Waals surface area contributed by atoms with Crippen molar-refractivity contribution < 1.29 is 16.9 Å². The Morgan fingerprint density at radius 2 is 1.53 bits per heavy atom. The molecule has 100 valence electrons. The Hall–Kier alpha value is -0.340. The summed E-state index contributed by atoms with van der Waals surface area (Å²) in [6.07, 6.45) is 17.3. The maximum Gasteiger partial charge on any atom is 0.194 e. The predicted octanol–water partition coefficient (Wildman–Crippen LogP) is 1.09. The molecule has 2 nitrogen and oxygen atoms in total. The van der Waals surface area contributed by atoms with Crippen molar-refractivity contribution in [1.29, 1.82) is 0 Å². The fourth-order valence-electron chi connectivity index (χ4n) is 2.14. The highest BCUT2D eigenvalue weighted by molar-refractivity contribution is 5.50. The van der Waals surface area contributed by atoms with Crippen molar-refractivity contribution >= 4 is 6.34 Å². The number of halogens is 1. The van der Waals surface area contributed by atoms with Gasteiger partial charge in [0.2, 0.25) is 0 Å². The lowest BCUT2D eigenvalue weighted by Crippen LogP contribution is -3.00. The van der Waals surface area contributed by atoms with Gasteiger partial charge in [-0.05, 0) is 12.8 Å². The van der Waals surface area contributed by atoms with Gasteiger partial charge in [0.05, 0.1) is 19.8 Å². The molecule has 3 heteroatoms. The van der Waals surface area contributed by atoms with Crippen molar-refractivity contribution in [1.82, 2.24) is 0 Å². The van der Waals surface area contributed by atoms with Crippen molar-refractivity contribution in [2.75, 3.05) is 13.6 Å². The summed E-state index contributed by atoms with van der Waals surface area (Å²) in [6, 6.07) is 0. The van der Waals surface area contributed by atoms with Crippen LogP contribution in [0.2, 0.25) is 0 Å². The van der Waals surface area contributed by atoms with E-state index in [4.69, 9.17) is 0 Å². The van der Waals surface area contributed by atoms with Crippen molar-refractivity contribution in [2.45, 2.75) is 58.3 Å². The number of unbranched alkanes of at least 4 members (excludes halogenated alkanes) is 7. The SMILES string of the molecule is CCCCCCCCCC[N+]1(C)C=CN=C1.[Cl-]. The third kappa shape index (κ3) is 7.56. The molecule has 0 saturated heterocycles. The van der Waals surface area contributed by atoms with Crippen LogP contribution in [0.5, 0.6) is 0 Å². The zero-order valence-corrected chi connectivity index (χ0v) is 12.1. The van der Waals surface area contributed by atoms with Gasteiger partial charge in [-0.25, -0.2) is 4.99 Å². The molecule has 0 amide bonds. The van der Waals surface area contributed by atoms with Gasteiger partial charge in [0.25, 0.3) is 0 Å². The van der Waals surface area contributed by atoms with E-state index in [1.54, 1.807) is 0 Å². The predicted molar refractivity (Wildman–Crippen MR) is 71.3 cm³/mol. The van der Waals surface area contributed by atoms with E-state index in [0.717, 1.165) is 4.48 Å². The maximum atomic E-state index is 4.15. The van der Waals surface area contributed by atoms with Crippen LogP contribution in [0.1, 0.15) is 58.3 Å². The van der Waals surface area contributed by atoms with Crippen LogP contribution in [0, 0.1) is 0 Å². The minimum Gasteiger partial charge on any atom is -1.00 e. The number of nitrogens with zero attached hydrogens (tertiary/aromatic N) is 2. The molecule has 0 aliphatic carbocycles. The van der Waals surface area contributed by atoms with Crippen LogP contribution in [0.4, 0.5) is 0 Å². The molecule has 1 aliphatic rings. The molecule has 1 unspecified atom stereocenters. The van der Waals surface area contributed by atoms with Gasteiger partial charge < -0.3 is 12.4 Å². The molecule has 0 aromatic heterocycles. The van der Waals surface area contributed by atoms with Gasteiger partial charge in [-0.2, -0.15) is 0 Å². The standard InChI is InChI=1S/C14H27N2.ClH/c1-3-4-5-6-7-8-9-10-12-16(2)13-11-15-14-16;/h11,13-14H,3-10,12H2,1-2H3;1H/q+1;/p-1. The molecule has 1 atom stereocenters. The summed E-state index contributed by atoms with van der Waals surface area (Å²) in [5.74, 6) is 0. The second kappa shape index (κ2) is 9.67. The molecule has 1 aliphatic heterocycles. The van der Waals surface area contributed by atoms with Gasteiger partial charge in [-0.1, -0.05) is 45.4 Å². The summed E-state index contributed by atoms with van der Waals surface area (Å²) in [4.78, 5) is 4.15. The first-order valence-corrected chi connectivity index (χ1v) is 6.84. The van der Waals surface area contributed by atoms with Crippen LogP contribution in [-0.2, 0) is 0 Å². The molecule has 0 bridgehead atoms. The molecule has 1 heterocycles. The van der Waals surface area contributed by atoms with E-state index in [0.29, 0.717) is 0 Å². The molecular formula is C14H27ClN2. The Kier molecular flexibility index (Phi) is 9.47. The summed E-state index contributed by atoms with van der Waals surface area (Å²) in [5, 5.41) is 0. The van der Waals surface area contributed by atoms with Crippen molar-refractivity contribution in [3.8, 4) is 0 Å². The fraction of sp³-hybridized carbons (Fsp3) is 0.786. The summed E-state index contributed by atoms with van der Waals surface area (Å²) < 4.78 is 0.899. The van der Waals surface area contributed by atoms with Crippen molar-refractivity contribution in [3.05, 3.63) is 12.4 Å². The van der Waals surface area contributed by atoms with Crippen LogP contribution < -0.4 is 12.4 Å². The van der Waals surface area contributed by atoms with Crippen molar-refractivity contribution in [3.63, 3.8) is 0 Å². The van der Waals surface area contributed by atoms with Gasteiger partial charge in [0, 0.05) is 0 Å². The summed E-state index contributed by atoms with van der Waals surface area (Å²) >= 11 is 0. The molecule has 0 spiro atoms. The van der Waals surface area contributed by atoms with Gasteiger partial charge in [-0.3, -0.25) is 4.48 Å². The highest BCUT2D eigenvalue weighted by Crippen LogP contribution is 2.12. The van der Waals surface area contributed by atoms with E-state index in [1.165, 1.54) is 57.9 Å². The van der Waals surface area contributed by atoms with E-state index < -0.39 is 0 Å². The van der Waals surface area contributed by atoms with Crippen LogP contribution in [-0.4, -0.2) is 24.4 Å². The van der Waals surface area contributed by atoms with Crippen LogP contribution >= 0.6 is 0 Å². The molecule has 0 N–H and O–H groups in total. The highest BCUT2D eigenvalue weighted by atomic mass is 35.5. The normalized spacial score (nSPS) is 21.8. The average molecular weight is 259 g/mol. The molecule has 1 rings (SSSR count). The lowest BCUT2D eigenvalue weighted by Gasteiger charge is -2.21. The largest absolute Gasteiger partial charge is 1.00 e. The van der Waals surface area contributed by atoms with E-state index in [-0.39, 0.29) is 12.4 Å². The first-order chi connectivity index (χ1) is 7.77. The van der Waals surface area contributed by atoms with Crippen molar-refractivity contribution in [2.24, 2.45) is 4.99 Å². The van der Waals surface area contributed by atoms with Gasteiger partial charge in [0.1, 0.15) is 6.20 Å². The van der Waals surface area contributed by atoms with Crippen LogP contribution in [0.3, 0.4) is 0 Å². The third-order valence-electron chi connectivity index (χ3n) is 3.32. The van der Waals surface area contributed by atoms with Gasteiger partial charge in [0.15, 0.2) is 6.34 Å². The minimum absolute atomic E-state index is 0. The average Bonchev–Trinajstić information content (AvgIpc) is 2.70. The second-order valence-electron chi connectivity index (χ2n) is 5.11. The molecule has 17 heavy (non-hydrogen) atoms. The Morgan fingerprint density at radius 1 is 0.941 bits per heavy atom. The van der Waals surface area contributed by atoms with E-state index in [9.17, 15) is 0 Å². The summed E-state index contributed by atoms with van der Waals surface area (Å²) in [7, 11) is 2.22. The lowest BCUT2D eigenvalue weighted by molar-refractivity contribution is -0.756. The molecule has 0 aromatic rings. The number of aliphatic imine (C=N–C) groups is 1. The van der Waals surface area contributed by atoms with Crippen LogP contribution in [0.25, 0.3) is 0 Å². The molecule has 0 fully saturated rings. The minimum atomic E-state index is 0. The molecule has 0 radical (unpaired) electrons. The number of hydrogen-bond acceptors (Lipinski definition) is 1. The second-order valence-corrected chi connectivity index (χ2v) is 5.11. The lowest BCUT2D eigenvalue weighted by atomic mass is 10.1. The van der Waals surface area contributed by atoms with Gasteiger partial charge in [-0.15, -0.1) is 0 Å². The number of quaternary nitrogens is 1. The quantitative estimate of drug-likeness (QED) is 0.434. The Labute approximate surface area is 113 Å². The van der Waals surface area contributed by atoms with E-state index in [1.807, 2.05) is 12.5 Å². The first-order valence-electron chi connectivity index (χ1n) is 6.84. The van der Waals surface area contributed by atoms with Crippen LogP contribution in [0.15, 0.2) is 17.4 Å². The molecular weight excluding hydrogens is 232 g/mol. The maximum absolute atomic E-state index is 4.15. The zero-order valence-electron chi connectivity index (χ0n) is 11.4. The first kappa shape index (κ1) is 16.7.